The monoisotopic (exact) mass is 554 g/mol. The van der Waals surface area contributed by atoms with Gasteiger partial charge in [0, 0.05) is 49.4 Å². The molecule has 1 aromatic carbocycles. The highest BCUT2D eigenvalue weighted by Gasteiger charge is 2.40. The molecule has 12 heteroatoms. The third-order valence-corrected chi connectivity index (χ3v) is 8.32. The summed E-state index contributed by atoms with van der Waals surface area (Å²) in [5.74, 6) is 0.287. The van der Waals surface area contributed by atoms with Gasteiger partial charge < -0.3 is 29.9 Å². The number of rotatable bonds is 5. The molecule has 4 aliphatic rings. The van der Waals surface area contributed by atoms with E-state index in [1.165, 1.54) is 4.90 Å². The number of piperazine rings is 1. The number of likely N-dealkylation sites (tertiary alicyclic amines) is 1. The zero-order valence-corrected chi connectivity index (χ0v) is 21.8. The van der Waals surface area contributed by atoms with E-state index in [0.717, 1.165) is 56.6 Å². The minimum atomic E-state index is -4.73. The number of nitrogens with zero attached hydrogens (tertiary/aromatic N) is 5. The number of aromatic hydroxyl groups is 1. The minimum absolute atomic E-state index is 0.00461. The van der Waals surface area contributed by atoms with E-state index in [0.29, 0.717) is 36.4 Å². The number of likely N-dealkylation sites (N-methyl/N-ethyl adjacent to an activating group) is 1. The summed E-state index contributed by atoms with van der Waals surface area (Å²) in [6.07, 6.45) is -0.759. The molecule has 3 saturated heterocycles. The molecule has 0 amide bonds. The second-order valence-corrected chi connectivity index (χ2v) is 11.1. The largest absolute Gasteiger partial charge is 0.508 e. The Kier molecular flexibility index (Phi) is 6.10. The normalized spacial score (nSPS) is 26.8. The maximum atomic E-state index is 14.0. The molecule has 0 spiro atoms. The number of halogens is 4. The SMILES string of the molecule is [2H]C([2H])(Oc1nc2c(c(N3C[C@H]4CC[C@@H](C3)N4)n1)CCN(c1cc(O)cc(Cl)c1C(F)(F)F)C2)[C@@H]1CCCN1C. The summed E-state index contributed by atoms with van der Waals surface area (Å²) in [4.78, 5) is 14.9. The van der Waals surface area contributed by atoms with E-state index in [-0.39, 0.29) is 30.5 Å². The van der Waals surface area contributed by atoms with E-state index in [4.69, 9.17) is 24.1 Å². The molecule has 38 heavy (non-hydrogen) atoms. The highest BCUT2D eigenvalue weighted by atomic mass is 35.5. The van der Waals surface area contributed by atoms with E-state index in [2.05, 4.69) is 15.2 Å². The zero-order valence-electron chi connectivity index (χ0n) is 23.1. The van der Waals surface area contributed by atoms with Gasteiger partial charge in [0.2, 0.25) is 0 Å². The number of ether oxygens (including phenoxy) is 1. The molecule has 1 aromatic heterocycles. The molecule has 0 aliphatic carbocycles. The van der Waals surface area contributed by atoms with Crippen molar-refractivity contribution in [2.24, 2.45) is 0 Å². The quantitative estimate of drug-likeness (QED) is 0.578. The Morgan fingerprint density at radius 2 is 1.92 bits per heavy atom. The van der Waals surface area contributed by atoms with Crippen molar-refractivity contribution in [3.05, 3.63) is 34.0 Å². The highest BCUT2D eigenvalue weighted by molar-refractivity contribution is 6.32. The highest BCUT2D eigenvalue weighted by Crippen LogP contribution is 2.45. The first-order valence-corrected chi connectivity index (χ1v) is 13.4. The fraction of sp³-hybridized carbons (Fsp3) is 0.615. The van der Waals surface area contributed by atoms with Gasteiger partial charge in [-0.1, -0.05) is 11.6 Å². The number of phenols is 1. The van der Waals surface area contributed by atoms with E-state index >= 15 is 0 Å². The Morgan fingerprint density at radius 1 is 1.16 bits per heavy atom. The lowest BCUT2D eigenvalue weighted by molar-refractivity contribution is -0.137. The lowest BCUT2D eigenvalue weighted by Crippen LogP contribution is -2.52. The lowest BCUT2D eigenvalue weighted by Gasteiger charge is -2.38. The van der Waals surface area contributed by atoms with Crippen LogP contribution in [0.15, 0.2) is 12.1 Å². The van der Waals surface area contributed by atoms with Gasteiger partial charge in [0.05, 0.1) is 31.3 Å². The number of fused-ring (bicyclic) bond motifs is 3. The maximum absolute atomic E-state index is 14.0. The number of benzene rings is 1. The van der Waals surface area contributed by atoms with Crippen molar-refractivity contribution in [3.8, 4) is 11.8 Å². The van der Waals surface area contributed by atoms with Gasteiger partial charge in [0.25, 0.3) is 0 Å². The molecule has 3 atom stereocenters. The van der Waals surface area contributed by atoms with Crippen molar-refractivity contribution in [3.63, 3.8) is 0 Å². The standard InChI is InChI=1S/C26H32ClF3N6O2/c1-34-7-2-3-17(34)14-38-25-32-21-13-35(22-10-18(37)9-20(27)23(22)26(28,29)30)8-6-19(21)24(33-25)36-11-15-4-5-16(12-36)31-15/h9-10,15-17,31,37H,2-8,11-14H2,1H3/t15-,16+,17-/m0/s1/i14D2. The molecule has 206 valence electrons. The van der Waals surface area contributed by atoms with E-state index < -0.39 is 29.4 Å². The molecule has 2 N–H and O–H groups in total. The molecular weight excluding hydrogens is 521 g/mol. The molecule has 2 aromatic rings. The summed E-state index contributed by atoms with van der Waals surface area (Å²) in [5.41, 5.74) is 0.0536. The second-order valence-electron chi connectivity index (χ2n) is 10.6. The Morgan fingerprint density at radius 3 is 2.61 bits per heavy atom. The van der Waals surface area contributed by atoms with Gasteiger partial charge >= 0.3 is 12.2 Å². The number of hydrogen-bond acceptors (Lipinski definition) is 8. The van der Waals surface area contributed by atoms with Gasteiger partial charge in [-0.2, -0.15) is 23.1 Å². The van der Waals surface area contributed by atoms with Crippen LogP contribution in [0.25, 0.3) is 0 Å². The van der Waals surface area contributed by atoms with Crippen LogP contribution in [0.4, 0.5) is 24.7 Å². The summed E-state index contributed by atoms with van der Waals surface area (Å²) in [6, 6.07) is 2.00. The van der Waals surface area contributed by atoms with Crippen molar-refractivity contribution < 1.29 is 25.8 Å². The smallest absolute Gasteiger partial charge is 0.419 e. The van der Waals surface area contributed by atoms with Crippen LogP contribution in [0.3, 0.4) is 0 Å². The van der Waals surface area contributed by atoms with Crippen molar-refractivity contribution in [1.82, 2.24) is 20.2 Å². The first-order valence-electron chi connectivity index (χ1n) is 14.0. The Labute approximate surface area is 227 Å². The van der Waals surface area contributed by atoms with Crippen LogP contribution < -0.4 is 19.9 Å². The predicted octanol–water partition coefficient (Wildman–Crippen LogP) is 3.83. The van der Waals surface area contributed by atoms with Crippen molar-refractivity contribution in [1.29, 1.82) is 0 Å². The Balaban J connectivity index is 1.38. The third kappa shape index (κ3) is 4.96. The van der Waals surface area contributed by atoms with Gasteiger partial charge in [-0.15, -0.1) is 0 Å². The molecule has 4 aliphatic heterocycles. The predicted molar refractivity (Wildman–Crippen MR) is 138 cm³/mol. The summed E-state index contributed by atoms with van der Waals surface area (Å²) < 4.78 is 65.2. The Bertz CT molecular complexity index is 1290. The topological polar surface area (TPSA) is 77.0 Å². The van der Waals surface area contributed by atoms with Gasteiger partial charge in [0.1, 0.15) is 18.1 Å². The van der Waals surface area contributed by atoms with Gasteiger partial charge in [-0.25, -0.2) is 0 Å². The summed E-state index contributed by atoms with van der Waals surface area (Å²) >= 11 is 5.96. The second kappa shape index (κ2) is 9.91. The van der Waals surface area contributed by atoms with Crippen molar-refractivity contribution in [2.75, 3.05) is 49.6 Å². The van der Waals surface area contributed by atoms with Crippen LogP contribution in [-0.4, -0.2) is 77.9 Å². The molecule has 5 heterocycles. The van der Waals surface area contributed by atoms with Crippen LogP contribution in [0, 0.1) is 0 Å². The molecule has 0 saturated carbocycles. The molecule has 0 unspecified atom stereocenters. The van der Waals surface area contributed by atoms with Crippen molar-refractivity contribution >= 4 is 23.1 Å². The number of phenolic OH excluding ortho intramolecular Hbond substituents is 1. The molecule has 8 nitrogen and oxygen atoms in total. The van der Waals surface area contributed by atoms with Gasteiger partial charge in [0.15, 0.2) is 0 Å². The molecule has 0 radical (unpaired) electrons. The average molecular weight is 555 g/mol. The van der Waals surface area contributed by atoms with Crippen LogP contribution in [-0.2, 0) is 19.1 Å². The Hall–Kier alpha value is -2.50. The molecule has 2 bridgehead atoms. The number of alkyl halides is 3. The molecule has 6 rings (SSSR count). The minimum Gasteiger partial charge on any atom is -0.508 e. The van der Waals surface area contributed by atoms with Crippen LogP contribution >= 0.6 is 11.6 Å². The van der Waals surface area contributed by atoms with E-state index in [9.17, 15) is 18.3 Å². The first kappa shape index (κ1) is 23.4. The van der Waals surface area contributed by atoms with Gasteiger partial charge in [-0.05, 0) is 51.8 Å². The first-order chi connectivity index (χ1) is 18.9. The number of hydrogen-bond donors (Lipinski definition) is 2. The van der Waals surface area contributed by atoms with E-state index in [1.54, 1.807) is 0 Å². The number of nitrogens with one attached hydrogen (secondary N) is 1. The fourth-order valence-corrected chi connectivity index (χ4v) is 6.48. The summed E-state index contributed by atoms with van der Waals surface area (Å²) in [5, 5.41) is 13.1. The maximum Gasteiger partial charge on any atom is 0.419 e. The summed E-state index contributed by atoms with van der Waals surface area (Å²) in [6.45, 7) is 0.379. The third-order valence-electron chi connectivity index (χ3n) is 8.02. The van der Waals surface area contributed by atoms with Gasteiger partial charge in [-0.3, -0.25) is 0 Å². The summed E-state index contributed by atoms with van der Waals surface area (Å²) in [7, 11) is 1.85. The average Bonchev–Trinajstić information content (AvgIpc) is 3.46. The fourth-order valence-electron chi connectivity index (χ4n) is 6.16. The van der Waals surface area contributed by atoms with Crippen molar-refractivity contribution in [2.45, 2.75) is 63.0 Å². The lowest BCUT2D eigenvalue weighted by atomic mass is 10.0. The van der Waals surface area contributed by atoms with Crippen LogP contribution in [0.1, 0.15) is 45.2 Å². The van der Waals surface area contributed by atoms with E-state index in [1.807, 2.05) is 11.9 Å². The van der Waals surface area contributed by atoms with Crippen LogP contribution in [0.2, 0.25) is 5.02 Å². The molecule has 3 fully saturated rings. The van der Waals surface area contributed by atoms with Crippen LogP contribution in [0.5, 0.6) is 11.8 Å². The number of aromatic nitrogens is 2. The zero-order chi connectivity index (χ0) is 28.4. The number of anilines is 2. The molecular formula is C26H32ClF3N6O2.